The van der Waals surface area contributed by atoms with Crippen LogP contribution in [0.5, 0.6) is 0 Å². The molecule has 0 aliphatic rings. The van der Waals surface area contributed by atoms with Gasteiger partial charge in [-0.05, 0) is 25.1 Å². The molecule has 1 N–H and O–H groups in total. The van der Waals surface area contributed by atoms with Crippen LogP contribution in [0, 0.1) is 0 Å². The van der Waals surface area contributed by atoms with E-state index in [0.29, 0.717) is 17.3 Å². The first kappa shape index (κ1) is 16.0. The van der Waals surface area contributed by atoms with Crippen LogP contribution in [-0.4, -0.2) is 31.3 Å². The Balaban J connectivity index is 2.77. The molecule has 0 radical (unpaired) electrons. The smallest absolute Gasteiger partial charge is 0.351 e. The average Bonchev–Trinajstić information content (AvgIpc) is 2.29. The first-order valence-electron chi connectivity index (χ1n) is 5.97. The highest BCUT2D eigenvalue weighted by Crippen LogP contribution is 2.22. The van der Waals surface area contributed by atoms with E-state index in [-0.39, 0.29) is 5.82 Å². The SMILES string of the molecule is CCCNCc1nc(N(C)CC(F)(F)F)ccc1Cl. The van der Waals surface area contributed by atoms with Crippen molar-refractivity contribution in [2.24, 2.45) is 0 Å². The highest BCUT2D eigenvalue weighted by molar-refractivity contribution is 6.31. The minimum Gasteiger partial charge on any atom is -0.351 e. The lowest BCUT2D eigenvalue weighted by atomic mass is 10.3. The molecule has 0 amide bonds. The van der Waals surface area contributed by atoms with Gasteiger partial charge in [-0.15, -0.1) is 0 Å². The van der Waals surface area contributed by atoms with Crippen molar-refractivity contribution in [3.05, 3.63) is 22.8 Å². The number of rotatable bonds is 6. The zero-order valence-electron chi connectivity index (χ0n) is 10.9. The van der Waals surface area contributed by atoms with E-state index in [4.69, 9.17) is 11.6 Å². The Morgan fingerprint density at radius 2 is 2.05 bits per heavy atom. The fraction of sp³-hybridized carbons (Fsp3) is 0.583. The van der Waals surface area contributed by atoms with E-state index in [1.807, 2.05) is 6.92 Å². The van der Waals surface area contributed by atoms with E-state index >= 15 is 0 Å². The maximum Gasteiger partial charge on any atom is 0.405 e. The second kappa shape index (κ2) is 6.96. The van der Waals surface area contributed by atoms with Crippen molar-refractivity contribution in [3.63, 3.8) is 0 Å². The molecule has 0 aliphatic carbocycles. The fourth-order valence-electron chi connectivity index (χ4n) is 1.54. The third kappa shape index (κ3) is 5.65. The van der Waals surface area contributed by atoms with Crippen LogP contribution in [0.15, 0.2) is 12.1 Å². The van der Waals surface area contributed by atoms with Gasteiger partial charge in [-0.2, -0.15) is 13.2 Å². The van der Waals surface area contributed by atoms with E-state index in [1.165, 1.54) is 13.1 Å². The van der Waals surface area contributed by atoms with Crippen molar-refractivity contribution in [3.8, 4) is 0 Å². The zero-order valence-corrected chi connectivity index (χ0v) is 11.6. The summed E-state index contributed by atoms with van der Waals surface area (Å²) in [5.41, 5.74) is 0.557. The number of halogens is 4. The molecule has 0 unspecified atom stereocenters. The van der Waals surface area contributed by atoms with Gasteiger partial charge in [0.25, 0.3) is 0 Å². The minimum atomic E-state index is -4.25. The van der Waals surface area contributed by atoms with E-state index in [1.54, 1.807) is 6.07 Å². The van der Waals surface area contributed by atoms with Gasteiger partial charge in [0.05, 0.1) is 10.7 Å². The van der Waals surface area contributed by atoms with Gasteiger partial charge in [-0.1, -0.05) is 18.5 Å². The molecular weight excluding hydrogens is 279 g/mol. The molecule has 0 saturated carbocycles. The van der Waals surface area contributed by atoms with Crippen LogP contribution in [0.3, 0.4) is 0 Å². The predicted octanol–water partition coefficient (Wildman–Crippen LogP) is 3.23. The molecule has 1 rings (SSSR count). The Labute approximate surface area is 115 Å². The number of anilines is 1. The van der Waals surface area contributed by atoms with E-state index in [0.717, 1.165) is 17.9 Å². The number of pyridine rings is 1. The molecule has 0 spiro atoms. The van der Waals surface area contributed by atoms with Crippen molar-refractivity contribution in [1.29, 1.82) is 0 Å². The fourth-order valence-corrected chi connectivity index (χ4v) is 1.71. The van der Waals surface area contributed by atoms with Gasteiger partial charge in [0.2, 0.25) is 0 Å². The highest BCUT2D eigenvalue weighted by atomic mass is 35.5. The first-order chi connectivity index (χ1) is 8.83. The minimum absolute atomic E-state index is 0.259. The molecular formula is C12H17ClF3N3. The maximum atomic E-state index is 12.3. The molecule has 0 aromatic carbocycles. The number of nitrogens with zero attached hydrogens (tertiary/aromatic N) is 2. The number of nitrogens with one attached hydrogen (secondary N) is 1. The summed E-state index contributed by atoms with van der Waals surface area (Å²) < 4.78 is 36.9. The lowest BCUT2D eigenvalue weighted by Crippen LogP contribution is -2.31. The molecule has 108 valence electrons. The lowest BCUT2D eigenvalue weighted by molar-refractivity contribution is -0.119. The molecule has 0 atom stereocenters. The van der Waals surface area contributed by atoms with Gasteiger partial charge in [0.15, 0.2) is 0 Å². The monoisotopic (exact) mass is 295 g/mol. The number of aromatic nitrogens is 1. The zero-order chi connectivity index (χ0) is 14.5. The highest BCUT2D eigenvalue weighted by Gasteiger charge is 2.29. The maximum absolute atomic E-state index is 12.3. The van der Waals surface area contributed by atoms with Crippen molar-refractivity contribution in [1.82, 2.24) is 10.3 Å². The quantitative estimate of drug-likeness (QED) is 0.817. The molecule has 3 nitrogen and oxygen atoms in total. The second-order valence-corrected chi connectivity index (χ2v) is 4.65. The van der Waals surface area contributed by atoms with Crippen LogP contribution >= 0.6 is 11.6 Å². The van der Waals surface area contributed by atoms with Gasteiger partial charge in [-0.3, -0.25) is 0 Å². The normalized spacial score (nSPS) is 11.7. The summed E-state index contributed by atoms with van der Waals surface area (Å²) in [6, 6.07) is 3.05. The molecule has 0 saturated heterocycles. The Hall–Kier alpha value is -1.01. The second-order valence-electron chi connectivity index (χ2n) is 4.25. The number of hydrogen-bond donors (Lipinski definition) is 1. The van der Waals surface area contributed by atoms with Gasteiger partial charge in [0.1, 0.15) is 12.4 Å². The van der Waals surface area contributed by atoms with Crippen LogP contribution in [0.25, 0.3) is 0 Å². The van der Waals surface area contributed by atoms with Gasteiger partial charge in [0, 0.05) is 13.6 Å². The van der Waals surface area contributed by atoms with Crippen LogP contribution in [0.1, 0.15) is 19.0 Å². The Morgan fingerprint density at radius 3 is 2.63 bits per heavy atom. The molecule has 7 heteroatoms. The van der Waals surface area contributed by atoms with Gasteiger partial charge >= 0.3 is 6.18 Å². The Kier molecular flexibility index (Phi) is 5.87. The molecule has 1 aromatic rings. The summed E-state index contributed by atoms with van der Waals surface area (Å²) in [6.07, 6.45) is -3.29. The van der Waals surface area contributed by atoms with Gasteiger partial charge < -0.3 is 10.2 Å². The summed E-state index contributed by atoms with van der Waals surface area (Å²) in [4.78, 5) is 5.21. The van der Waals surface area contributed by atoms with E-state index in [9.17, 15) is 13.2 Å². The largest absolute Gasteiger partial charge is 0.405 e. The standard InChI is InChI=1S/C12H17ClF3N3/c1-3-6-17-7-10-9(13)4-5-11(18-10)19(2)8-12(14,15)16/h4-5,17H,3,6-8H2,1-2H3. The summed E-state index contributed by atoms with van der Waals surface area (Å²) in [5.74, 6) is 0.259. The molecule has 0 fully saturated rings. The van der Waals surface area contributed by atoms with Gasteiger partial charge in [-0.25, -0.2) is 4.98 Å². The topological polar surface area (TPSA) is 28.2 Å². The van der Waals surface area contributed by atoms with Crippen LogP contribution in [0.2, 0.25) is 5.02 Å². The summed E-state index contributed by atoms with van der Waals surface area (Å²) in [5, 5.41) is 3.57. The first-order valence-corrected chi connectivity index (χ1v) is 6.35. The third-order valence-electron chi connectivity index (χ3n) is 2.43. The predicted molar refractivity (Wildman–Crippen MR) is 70.6 cm³/mol. The Bertz CT molecular complexity index is 410. The molecule has 19 heavy (non-hydrogen) atoms. The van der Waals surface area contributed by atoms with Crippen molar-refractivity contribution >= 4 is 17.4 Å². The third-order valence-corrected chi connectivity index (χ3v) is 2.77. The van der Waals surface area contributed by atoms with Crippen molar-refractivity contribution in [2.75, 3.05) is 25.0 Å². The van der Waals surface area contributed by atoms with E-state index < -0.39 is 12.7 Å². The summed E-state index contributed by atoms with van der Waals surface area (Å²) in [6.45, 7) is 2.24. The summed E-state index contributed by atoms with van der Waals surface area (Å²) in [7, 11) is 1.35. The Morgan fingerprint density at radius 1 is 1.37 bits per heavy atom. The summed E-state index contributed by atoms with van der Waals surface area (Å²) >= 11 is 5.97. The molecule has 0 aliphatic heterocycles. The van der Waals surface area contributed by atoms with Crippen molar-refractivity contribution < 1.29 is 13.2 Å². The number of alkyl halides is 3. The van der Waals surface area contributed by atoms with Crippen molar-refractivity contribution in [2.45, 2.75) is 26.1 Å². The molecule has 1 aromatic heterocycles. The van der Waals surface area contributed by atoms with Crippen LogP contribution < -0.4 is 10.2 Å². The molecule has 1 heterocycles. The lowest BCUT2D eigenvalue weighted by Gasteiger charge is -2.20. The molecule has 0 bridgehead atoms. The average molecular weight is 296 g/mol. The van der Waals surface area contributed by atoms with Crippen LogP contribution in [-0.2, 0) is 6.54 Å². The van der Waals surface area contributed by atoms with Crippen LogP contribution in [0.4, 0.5) is 19.0 Å². The number of hydrogen-bond acceptors (Lipinski definition) is 3. The van der Waals surface area contributed by atoms with E-state index in [2.05, 4.69) is 10.3 Å².